The molecule has 0 spiro atoms. The number of carboxylic acid groups (broad SMARTS) is 1. The molecule has 0 aromatic heterocycles. The van der Waals surface area contributed by atoms with Crippen LogP contribution in [0, 0.1) is 5.92 Å². The van der Waals surface area contributed by atoms with Gasteiger partial charge in [-0.1, -0.05) is 0 Å². The minimum Gasteiger partial charge on any atom is -0.481 e. The van der Waals surface area contributed by atoms with Gasteiger partial charge in [0.05, 0.1) is 5.92 Å². The molecular formula is C14H24N2O5. The summed E-state index contributed by atoms with van der Waals surface area (Å²) in [6.07, 6.45) is 0.683. The number of hydrogen-bond donors (Lipinski definition) is 1. The number of amides is 2. The zero-order valence-corrected chi connectivity index (χ0v) is 13.1. The molecule has 1 unspecified atom stereocenters. The molecular weight excluding hydrogens is 276 g/mol. The van der Waals surface area contributed by atoms with E-state index in [0.717, 1.165) is 0 Å². The topological polar surface area (TPSA) is 87.2 Å². The lowest BCUT2D eigenvalue weighted by Crippen LogP contribution is -2.47. The fourth-order valence-corrected chi connectivity index (χ4v) is 2.11. The van der Waals surface area contributed by atoms with Crippen LogP contribution < -0.4 is 0 Å². The van der Waals surface area contributed by atoms with Crippen LogP contribution in [-0.2, 0) is 14.3 Å². The van der Waals surface area contributed by atoms with Crippen molar-refractivity contribution in [3.8, 4) is 0 Å². The summed E-state index contributed by atoms with van der Waals surface area (Å²) >= 11 is 0. The first kappa shape index (κ1) is 17.3. The van der Waals surface area contributed by atoms with Gasteiger partial charge >= 0.3 is 12.1 Å². The number of nitrogens with zero attached hydrogens (tertiary/aromatic N) is 2. The van der Waals surface area contributed by atoms with Crippen molar-refractivity contribution in [1.29, 1.82) is 0 Å². The highest BCUT2D eigenvalue weighted by Crippen LogP contribution is 2.17. The van der Waals surface area contributed by atoms with Crippen molar-refractivity contribution in [2.45, 2.75) is 39.2 Å². The molecule has 0 aromatic rings. The summed E-state index contributed by atoms with van der Waals surface area (Å²) in [7, 11) is 1.49. The molecule has 1 N–H and O–H groups in total. The van der Waals surface area contributed by atoms with E-state index in [2.05, 4.69) is 0 Å². The molecule has 0 saturated carbocycles. The van der Waals surface area contributed by atoms with Crippen LogP contribution in [0.5, 0.6) is 0 Å². The van der Waals surface area contributed by atoms with Crippen molar-refractivity contribution in [1.82, 2.24) is 9.80 Å². The number of rotatable bonds is 3. The first-order valence-corrected chi connectivity index (χ1v) is 7.05. The SMILES string of the molecule is CN(CC(=O)N1CCCC(C(=O)O)C1)C(=O)OC(C)(C)C. The van der Waals surface area contributed by atoms with E-state index < -0.39 is 23.6 Å². The Kier molecular flexibility index (Phi) is 5.57. The number of aliphatic carboxylic acids is 1. The molecule has 1 heterocycles. The van der Waals surface area contributed by atoms with E-state index in [1.165, 1.54) is 16.8 Å². The van der Waals surface area contributed by atoms with Crippen molar-refractivity contribution in [3.63, 3.8) is 0 Å². The van der Waals surface area contributed by atoms with Gasteiger partial charge in [0.2, 0.25) is 5.91 Å². The fraction of sp³-hybridized carbons (Fsp3) is 0.786. The van der Waals surface area contributed by atoms with E-state index >= 15 is 0 Å². The highest BCUT2D eigenvalue weighted by atomic mass is 16.6. The number of hydrogen-bond acceptors (Lipinski definition) is 4. The highest BCUT2D eigenvalue weighted by molar-refractivity contribution is 5.83. The van der Waals surface area contributed by atoms with E-state index in [0.29, 0.717) is 19.4 Å². The molecule has 1 aliphatic rings. The third kappa shape index (κ3) is 5.61. The molecule has 7 heteroatoms. The minimum absolute atomic E-state index is 0.110. The van der Waals surface area contributed by atoms with Crippen LogP contribution in [0.3, 0.4) is 0 Å². The lowest BCUT2D eigenvalue weighted by atomic mass is 9.98. The normalized spacial score (nSPS) is 19.0. The number of likely N-dealkylation sites (N-methyl/N-ethyl adjacent to an activating group) is 1. The summed E-state index contributed by atoms with van der Waals surface area (Å²) in [4.78, 5) is 37.6. The molecule has 1 fully saturated rings. The predicted octanol–water partition coefficient (Wildman–Crippen LogP) is 1.18. The Bertz CT molecular complexity index is 416. The van der Waals surface area contributed by atoms with Crippen LogP contribution in [0.2, 0.25) is 0 Å². The van der Waals surface area contributed by atoms with Gasteiger partial charge in [0.15, 0.2) is 0 Å². The molecule has 21 heavy (non-hydrogen) atoms. The van der Waals surface area contributed by atoms with Crippen molar-refractivity contribution >= 4 is 18.0 Å². The fourth-order valence-electron chi connectivity index (χ4n) is 2.11. The first-order chi connectivity index (χ1) is 9.60. The lowest BCUT2D eigenvalue weighted by Gasteiger charge is -2.32. The molecule has 120 valence electrons. The third-order valence-electron chi connectivity index (χ3n) is 3.20. The Labute approximate surface area is 124 Å². The second kappa shape index (κ2) is 6.78. The van der Waals surface area contributed by atoms with E-state index in [1.807, 2.05) is 0 Å². The molecule has 2 amide bonds. The molecule has 1 atom stereocenters. The standard InChI is InChI=1S/C14H24N2O5/c1-14(2,3)21-13(20)15(4)9-11(17)16-7-5-6-10(8-16)12(18)19/h10H,5-9H2,1-4H3,(H,18,19). The van der Waals surface area contributed by atoms with Crippen molar-refractivity contribution in [3.05, 3.63) is 0 Å². The minimum atomic E-state index is -0.881. The zero-order chi connectivity index (χ0) is 16.2. The monoisotopic (exact) mass is 300 g/mol. The number of piperidine rings is 1. The summed E-state index contributed by atoms with van der Waals surface area (Å²) in [6.45, 7) is 5.89. The van der Waals surface area contributed by atoms with Gasteiger partial charge in [-0.2, -0.15) is 0 Å². The summed E-state index contributed by atoms with van der Waals surface area (Å²) < 4.78 is 5.17. The van der Waals surface area contributed by atoms with E-state index in [1.54, 1.807) is 20.8 Å². The summed E-state index contributed by atoms with van der Waals surface area (Å²) in [5.41, 5.74) is -0.617. The molecule has 0 aromatic carbocycles. The van der Waals surface area contributed by atoms with Crippen molar-refractivity contribution in [2.75, 3.05) is 26.7 Å². The van der Waals surface area contributed by atoms with Crippen LogP contribution in [-0.4, -0.2) is 65.2 Å². The maximum atomic E-state index is 12.1. The number of carbonyl (C=O) groups is 3. The largest absolute Gasteiger partial charge is 0.481 e. The Hall–Kier alpha value is -1.79. The number of carbonyl (C=O) groups excluding carboxylic acids is 2. The number of ether oxygens (including phenoxy) is 1. The van der Waals surface area contributed by atoms with Crippen molar-refractivity contribution in [2.24, 2.45) is 5.92 Å². The van der Waals surface area contributed by atoms with Gasteiger partial charge in [0.1, 0.15) is 12.1 Å². The maximum Gasteiger partial charge on any atom is 0.410 e. The van der Waals surface area contributed by atoms with Crippen LogP contribution in [0.1, 0.15) is 33.6 Å². The van der Waals surface area contributed by atoms with E-state index in [-0.39, 0.29) is 19.0 Å². The van der Waals surface area contributed by atoms with E-state index in [9.17, 15) is 14.4 Å². The molecule has 0 aliphatic carbocycles. The Balaban J connectivity index is 2.52. The summed E-state index contributed by atoms with van der Waals surface area (Å²) in [5.74, 6) is -1.66. The summed E-state index contributed by atoms with van der Waals surface area (Å²) in [5, 5.41) is 9.01. The van der Waals surface area contributed by atoms with Crippen LogP contribution >= 0.6 is 0 Å². The number of carboxylic acids is 1. The van der Waals surface area contributed by atoms with Crippen molar-refractivity contribution < 1.29 is 24.2 Å². The molecule has 1 saturated heterocycles. The Morgan fingerprint density at radius 2 is 1.95 bits per heavy atom. The third-order valence-corrected chi connectivity index (χ3v) is 3.20. The van der Waals surface area contributed by atoms with Gasteiger partial charge in [-0.25, -0.2) is 4.79 Å². The highest BCUT2D eigenvalue weighted by Gasteiger charge is 2.29. The van der Waals surface area contributed by atoms with Crippen LogP contribution in [0.4, 0.5) is 4.79 Å². The van der Waals surface area contributed by atoms with Gasteiger partial charge < -0.3 is 19.6 Å². The molecule has 0 radical (unpaired) electrons. The quantitative estimate of drug-likeness (QED) is 0.845. The smallest absolute Gasteiger partial charge is 0.410 e. The van der Waals surface area contributed by atoms with Crippen LogP contribution in [0.15, 0.2) is 0 Å². The molecule has 7 nitrogen and oxygen atoms in total. The first-order valence-electron chi connectivity index (χ1n) is 7.05. The molecule has 0 bridgehead atoms. The van der Waals surface area contributed by atoms with Gasteiger partial charge in [-0.05, 0) is 33.6 Å². The Morgan fingerprint density at radius 1 is 1.33 bits per heavy atom. The molecule has 1 rings (SSSR count). The maximum absolute atomic E-state index is 12.1. The molecule has 1 aliphatic heterocycles. The summed E-state index contributed by atoms with van der Waals surface area (Å²) in [6, 6.07) is 0. The second-order valence-electron chi connectivity index (χ2n) is 6.35. The van der Waals surface area contributed by atoms with Crippen LogP contribution in [0.25, 0.3) is 0 Å². The van der Waals surface area contributed by atoms with Gasteiger partial charge in [0, 0.05) is 20.1 Å². The predicted molar refractivity (Wildman–Crippen MR) is 75.8 cm³/mol. The number of likely N-dealkylation sites (tertiary alicyclic amines) is 1. The zero-order valence-electron chi connectivity index (χ0n) is 13.1. The average Bonchev–Trinajstić information content (AvgIpc) is 2.36. The lowest BCUT2D eigenvalue weighted by molar-refractivity contribution is -0.145. The van der Waals surface area contributed by atoms with E-state index in [4.69, 9.17) is 9.84 Å². The average molecular weight is 300 g/mol. The van der Waals surface area contributed by atoms with Gasteiger partial charge in [0.25, 0.3) is 0 Å². The Morgan fingerprint density at radius 3 is 2.48 bits per heavy atom. The second-order valence-corrected chi connectivity index (χ2v) is 6.35. The van der Waals surface area contributed by atoms with Gasteiger partial charge in [-0.3, -0.25) is 9.59 Å². The van der Waals surface area contributed by atoms with Gasteiger partial charge in [-0.15, -0.1) is 0 Å².